The van der Waals surface area contributed by atoms with Crippen molar-refractivity contribution in [1.29, 1.82) is 0 Å². The zero-order valence-electron chi connectivity index (χ0n) is 17.9. The average molecular weight is 468 g/mol. The molecule has 9 nitrogen and oxygen atoms in total. The van der Waals surface area contributed by atoms with Gasteiger partial charge in [0.05, 0.1) is 4.92 Å². The minimum atomic E-state index is -0.825. The van der Waals surface area contributed by atoms with Gasteiger partial charge in [-0.05, 0) is 31.5 Å². The van der Waals surface area contributed by atoms with Gasteiger partial charge < -0.3 is 9.64 Å². The number of nitro benzene ring substituents is 1. The van der Waals surface area contributed by atoms with Crippen molar-refractivity contribution in [3.63, 3.8) is 0 Å². The summed E-state index contributed by atoms with van der Waals surface area (Å²) in [4.78, 5) is 54.0. The summed E-state index contributed by atoms with van der Waals surface area (Å²) in [7, 11) is 0. The van der Waals surface area contributed by atoms with Crippen LogP contribution in [-0.4, -0.2) is 62.5 Å². The highest BCUT2D eigenvalue weighted by Crippen LogP contribution is 2.51. The first-order chi connectivity index (χ1) is 15.7. The van der Waals surface area contributed by atoms with Crippen molar-refractivity contribution in [3.8, 4) is 0 Å². The molecular formula is C23H21N3O6S. The lowest BCUT2D eigenvalue weighted by molar-refractivity contribution is -0.384. The van der Waals surface area contributed by atoms with Crippen molar-refractivity contribution in [2.75, 3.05) is 6.61 Å². The number of esters is 1. The number of ether oxygens (including phenoxy) is 1. The second kappa shape index (κ2) is 8.78. The van der Waals surface area contributed by atoms with E-state index >= 15 is 0 Å². The fourth-order valence-electron chi connectivity index (χ4n) is 3.88. The second-order valence-electron chi connectivity index (χ2n) is 8.23. The van der Waals surface area contributed by atoms with Crippen molar-refractivity contribution in [2.45, 2.75) is 36.1 Å². The summed E-state index contributed by atoms with van der Waals surface area (Å²) < 4.78 is 4.66. The van der Waals surface area contributed by atoms with E-state index in [2.05, 4.69) is 4.99 Å². The van der Waals surface area contributed by atoms with Gasteiger partial charge in [-0.2, -0.15) is 0 Å². The molecule has 2 aliphatic heterocycles. The molecule has 0 N–H and O–H groups in total. The molecule has 0 bridgehead atoms. The SMILES string of the molecule is CC1(C)S[C@@H]2[C@H](N=Cc3ccc([N+](=O)[O-])cc3)C(=O)N2[C@H]1C(=O)OCC(=O)c1ccccc1. The fraction of sp³-hybridized carbons (Fsp3) is 0.304. The maximum atomic E-state index is 12.8. The molecular weight excluding hydrogens is 446 g/mol. The summed E-state index contributed by atoms with van der Waals surface area (Å²) in [5.74, 6) is -1.23. The zero-order valence-corrected chi connectivity index (χ0v) is 18.7. The number of fused-ring (bicyclic) bond motifs is 1. The topological polar surface area (TPSA) is 119 Å². The normalized spacial score (nSPS) is 23.2. The highest BCUT2D eigenvalue weighted by Gasteiger charge is 2.64. The minimum absolute atomic E-state index is 0.0294. The van der Waals surface area contributed by atoms with Gasteiger partial charge in [-0.15, -0.1) is 11.8 Å². The molecule has 0 unspecified atom stereocenters. The van der Waals surface area contributed by atoms with Gasteiger partial charge in [0.2, 0.25) is 0 Å². The van der Waals surface area contributed by atoms with Crippen LogP contribution in [0.1, 0.15) is 29.8 Å². The summed E-state index contributed by atoms with van der Waals surface area (Å²) in [5.41, 5.74) is 1.05. The molecule has 2 aliphatic rings. The molecule has 0 aromatic heterocycles. The Balaban J connectivity index is 1.41. The largest absolute Gasteiger partial charge is 0.456 e. The molecule has 170 valence electrons. The van der Waals surface area contributed by atoms with E-state index in [1.807, 2.05) is 13.8 Å². The number of hydrogen-bond donors (Lipinski definition) is 0. The van der Waals surface area contributed by atoms with E-state index in [0.717, 1.165) is 0 Å². The third-order valence-electron chi connectivity index (χ3n) is 5.57. The Morgan fingerprint density at radius 3 is 2.48 bits per heavy atom. The Morgan fingerprint density at radius 2 is 1.85 bits per heavy atom. The van der Waals surface area contributed by atoms with Crippen molar-refractivity contribution < 1.29 is 24.0 Å². The molecule has 2 saturated heterocycles. The van der Waals surface area contributed by atoms with Gasteiger partial charge in [-0.25, -0.2) is 4.79 Å². The van der Waals surface area contributed by atoms with E-state index in [4.69, 9.17) is 4.74 Å². The number of non-ortho nitro benzene ring substituents is 1. The van der Waals surface area contributed by atoms with Gasteiger partial charge in [-0.3, -0.25) is 24.7 Å². The van der Waals surface area contributed by atoms with Crippen LogP contribution in [0.15, 0.2) is 59.6 Å². The number of carbonyl (C=O) groups excluding carboxylic acids is 3. The molecule has 33 heavy (non-hydrogen) atoms. The molecule has 2 aromatic carbocycles. The lowest BCUT2D eigenvalue weighted by Crippen LogP contribution is -2.65. The van der Waals surface area contributed by atoms with Gasteiger partial charge in [0.25, 0.3) is 11.6 Å². The molecule has 4 rings (SSSR count). The lowest BCUT2D eigenvalue weighted by atomic mass is 9.96. The molecule has 1 amide bonds. The van der Waals surface area contributed by atoms with Gasteiger partial charge in [0, 0.05) is 28.7 Å². The number of carbonyl (C=O) groups is 3. The monoisotopic (exact) mass is 467 g/mol. The minimum Gasteiger partial charge on any atom is -0.456 e. The number of Topliss-reactive ketones (excluding diaryl/α,β-unsaturated/α-hetero) is 1. The number of hydrogen-bond acceptors (Lipinski definition) is 8. The number of ketones is 1. The van der Waals surface area contributed by atoms with Crippen molar-refractivity contribution >= 4 is 41.3 Å². The van der Waals surface area contributed by atoms with Crippen LogP contribution in [0.5, 0.6) is 0 Å². The summed E-state index contributed by atoms with van der Waals surface area (Å²) >= 11 is 1.45. The maximum Gasteiger partial charge on any atom is 0.330 e. The Morgan fingerprint density at radius 1 is 1.18 bits per heavy atom. The van der Waals surface area contributed by atoms with Crippen LogP contribution in [0.2, 0.25) is 0 Å². The molecule has 10 heteroatoms. The molecule has 3 atom stereocenters. The third kappa shape index (κ3) is 4.38. The summed E-state index contributed by atoms with van der Waals surface area (Å²) in [5, 5.41) is 10.4. The van der Waals surface area contributed by atoms with Crippen LogP contribution in [0, 0.1) is 10.1 Å². The first-order valence-corrected chi connectivity index (χ1v) is 11.1. The number of benzene rings is 2. The number of aliphatic imine (C=N–C) groups is 1. The maximum absolute atomic E-state index is 12.8. The third-order valence-corrected chi connectivity index (χ3v) is 7.12. The average Bonchev–Trinajstić information content (AvgIpc) is 3.05. The van der Waals surface area contributed by atoms with Crippen molar-refractivity contribution in [2.24, 2.45) is 4.99 Å². The van der Waals surface area contributed by atoms with Gasteiger partial charge in [-0.1, -0.05) is 30.3 Å². The zero-order chi connectivity index (χ0) is 23.8. The smallest absolute Gasteiger partial charge is 0.330 e. The molecule has 2 fully saturated rings. The Hall–Kier alpha value is -3.53. The first-order valence-electron chi connectivity index (χ1n) is 10.2. The van der Waals surface area contributed by atoms with Gasteiger partial charge >= 0.3 is 5.97 Å². The van der Waals surface area contributed by atoms with E-state index in [1.54, 1.807) is 42.5 Å². The van der Waals surface area contributed by atoms with Crippen LogP contribution in [-0.2, 0) is 14.3 Å². The van der Waals surface area contributed by atoms with Crippen molar-refractivity contribution in [3.05, 3.63) is 75.8 Å². The molecule has 0 saturated carbocycles. The van der Waals surface area contributed by atoms with Crippen molar-refractivity contribution in [1.82, 2.24) is 4.90 Å². The Labute approximate surface area is 194 Å². The van der Waals surface area contributed by atoms with E-state index in [0.29, 0.717) is 11.1 Å². The fourth-order valence-corrected chi connectivity index (χ4v) is 5.50. The van der Waals surface area contributed by atoms with Crippen LogP contribution in [0.25, 0.3) is 0 Å². The van der Waals surface area contributed by atoms with Crippen LogP contribution in [0.4, 0.5) is 5.69 Å². The van der Waals surface area contributed by atoms with Gasteiger partial charge in [0.15, 0.2) is 18.4 Å². The molecule has 0 radical (unpaired) electrons. The lowest BCUT2D eigenvalue weighted by Gasteiger charge is -2.41. The highest BCUT2D eigenvalue weighted by molar-refractivity contribution is 8.01. The van der Waals surface area contributed by atoms with Gasteiger partial charge in [0.1, 0.15) is 11.4 Å². The van der Waals surface area contributed by atoms with E-state index in [1.165, 1.54) is 35.0 Å². The Bertz CT molecular complexity index is 1130. The molecule has 0 spiro atoms. The van der Waals surface area contributed by atoms with E-state index in [-0.39, 0.29) is 22.8 Å². The van der Waals surface area contributed by atoms with Crippen LogP contribution < -0.4 is 0 Å². The Kier molecular flexibility index (Phi) is 6.03. The molecule has 2 aromatic rings. The molecule has 2 heterocycles. The van der Waals surface area contributed by atoms with Crippen LogP contribution >= 0.6 is 11.8 Å². The summed E-state index contributed by atoms with van der Waals surface area (Å²) in [6.07, 6.45) is 1.50. The van der Waals surface area contributed by atoms with E-state index in [9.17, 15) is 24.5 Å². The number of nitrogens with zero attached hydrogens (tertiary/aromatic N) is 3. The predicted octanol–water partition coefficient (Wildman–Crippen LogP) is 2.87. The number of thioether (sulfide) groups is 1. The number of rotatable bonds is 7. The summed E-state index contributed by atoms with van der Waals surface area (Å²) in [6.45, 7) is 3.31. The first kappa shape index (κ1) is 22.7. The van der Waals surface area contributed by atoms with E-state index < -0.39 is 34.3 Å². The predicted molar refractivity (Wildman–Crippen MR) is 122 cm³/mol. The number of nitro groups is 1. The number of amides is 1. The van der Waals surface area contributed by atoms with Crippen LogP contribution in [0.3, 0.4) is 0 Å². The molecule has 0 aliphatic carbocycles. The number of β-lactam (4-membered cyclic amide) rings is 1. The summed E-state index contributed by atoms with van der Waals surface area (Å²) in [6, 6.07) is 12.9. The highest BCUT2D eigenvalue weighted by atomic mass is 32.2. The second-order valence-corrected chi connectivity index (χ2v) is 10.00. The standard InChI is InChI=1S/C23H21N3O6S/c1-23(2)19(22(29)32-13-17(27)15-6-4-3-5-7-15)25-20(28)18(21(25)33-23)24-12-14-8-10-16(11-9-14)26(30)31/h3-12,18-19,21H,13H2,1-2H3/t18-,19+,21-/m1/s1. The quantitative estimate of drug-likeness (QED) is 0.153.